The van der Waals surface area contributed by atoms with Gasteiger partial charge in [0.2, 0.25) is 0 Å². The zero-order chi connectivity index (χ0) is 26.9. The zero-order valence-electron chi connectivity index (χ0n) is 22.1. The summed E-state index contributed by atoms with van der Waals surface area (Å²) < 4.78 is 6.19. The third-order valence-electron chi connectivity index (χ3n) is 6.75. The first-order valence-corrected chi connectivity index (χ1v) is 13.7. The topological polar surface area (TPSA) is 38.2 Å². The molecule has 39 heavy (non-hydrogen) atoms. The average Bonchev–Trinajstić information content (AvgIpc) is 3.02. The number of benzene rings is 3. The molecule has 1 unspecified atom stereocenters. The molecule has 2 aromatic heterocycles. The second-order valence-electron chi connectivity index (χ2n) is 9.60. The lowest BCUT2D eigenvalue weighted by Gasteiger charge is -2.33. The van der Waals surface area contributed by atoms with Crippen molar-refractivity contribution in [2.75, 3.05) is 7.05 Å². The van der Waals surface area contributed by atoms with Gasteiger partial charge in [0.15, 0.2) is 6.23 Å². The van der Waals surface area contributed by atoms with E-state index in [4.69, 9.17) is 16.3 Å². The minimum atomic E-state index is 0.119. The Hall–Kier alpha value is -3.99. The molecule has 0 N–H and O–H groups in total. The molecule has 4 nitrogen and oxygen atoms in total. The molecule has 0 amide bonds. The number of rotatable bonds is 6. The van der Waals surface area contributed by atoms with Gasteiger partial charge >= 0.3 is 0 Å². The largest absolute Gasteiger partial charge is 0.475 e. The number of para-hydroxylation sites is 1. The molecule has 0 saturated carbocycles. The van der Waals surface area contributed by atoms with Crippen LogP contribution in [0.5, 0.6) is 5.75 Å². The third-order valence-corrected chi connectivity index (χ3v) is 7.06. The summed E-state index contributed by atoms with van der Waals surface area (Å²) in [6.07, 6.45) is 5.84. The lowest BCUT2D eigenvalue weighted by molar-refractivity contribution is 0.0226. The maximum atomic E-state index is 6.19. The fraction of sp³-hybridized carbons (Fsp3) is 0.176. The average molecular weight is 534 g/mol. The summed E-state index contributed by atoms with van der Waals surface area (Å²) in [5.74, 6) is 1.56. The highest BCUT2D eigenvalue weighted by Gasteiger charge is 2.23. The third kappa shape index (κ3) is 7.11. The van der Waals surface area contributed by atoms with Gasteiger partial charge in [-0.1, -0.05) is 66.7 Å². The lowest BCUT2D eigenvalue weighted by Crippen LogP contribution is -2.38. The van der Waals surface area contributed by atoms with Crippen molar-refractivity contribution in [3.8, 4) is 28.3 Å². The van der Waals surface area contributed by atoms with Crippen LogP contribution in [-0.2, 0) is 18.8 Å². The Morgan fingerprint density at radius 1 is 0.744 bits per heavy atom. The number of alkyl halides is 1. The fourth-order valence-electron chi connectivity index (χ4n) is 4.72. The smallest absolute Gasteiger partial charge is 0.153 e. The highest BCUT2D eigenvalue weighted by molar-refractivity contribution is 6.17. The van der Waals surface area contributed by atoms with Crippen LogP contribution < -0.4 is 4.74 Å². The molecule has 0 spiro atoms. The normalized spacial score (nSPS) is 14.1. The van der Waals surface area contributed by atoms with E-state index in [0.29, 0.717) is 5.88 Å². The highest BCUT2D eigenvalue weighted by Crippen LogP contribution is 2.29. The number of nitrogens with zero attached hydrogens (tertiary/aromatic N) is 3. The molecule has 3 heterocycles. The van der Waals surface area contributed by atoms with Crippen LogP contribution in [0.1, 0.15) is 23.1 Å². The second kappa shape index (κ2) is 13.2. The van der Waals surface area contributed by atoms with E-state index < -0.39 is 0 Å². The first kappa shape index (κ1) is 26.6. The molecule has 1 aliphatic rings. The van der Waals surface area contributed by atoms with Crippen molar-refractivity contribution in [3.05, 3.63) is 138 Å². The van der Waals surface area contributed by atoms with Crippen LogP contribution in [0.2, 0.25) is 0 Å². The first-order chi connectivity index (χ1) is 19.2. The summed E-state index contributed by atoms with van der Waals surface area (Å²) in [7, 11) is 2.13. The van der Waals surface area contributed by atoms with Crippen LogP contribution in [0.3, 0.4) is 0 Å². The quantitative estimate of drug-likeness (QED) is 0.207. The lowest BCUT2D eigenvalue weighted by atomic mass is 10.0. The van der Waals surface area contributed by atoms with Gasteiger partial charge in [0, 0.05) is 42.4 Å². The molecule has 0 fully saturated rings. The number of pyridine rings is 2. The molecule has 0 saturated heterocycles. The van der Waals surface area contributed by atoms with Crippen LogP contribution in [0.25, 0.3) is 22.5 Å². The van der Waals surface area contributed by atoms with Crippen molar-refractivity contribution >= 4 is 11.6 Å². The number of aromatic nitrogens is 2. The Kier molecular flexibility index (Phi) is 9.00. The van der Waals surface area contributed by atoms with E-state index in [2.05, 4.69) is 70.4 Å². The monoisotopic (exact) mass is 533 g/mol. The van der Waals surface area contributed by atoms with E-state index in [1.54, 1.807) is 6.20 Å². The summed E-state index contributed by atoms with van der Waals surface area (Å²) in [6, 6.07) is 37.0. The van der Waals surface area contributed by atoms with Crippen molar-refractivity contribution in [3.63, 3.8) is 0 Å². The van der Waals surface area contributed by atoms with Crippen LogP contribution >= 0.6 is 11.6 Å². The van der Waals surface area contributed by atoms with Gasteiger partial charge in [0.1, 0.15) is 5.75 Å². The summed E-state index contributed by atoms with van der Waals surface area (Å²) >= 11 is 5.77. The van der Waals surface area contributed by atoms with Gasteiger partial charge in [-0.25, -0.2) is 0 Å². The summed E-state index contributed by atoms with van der Waals surface area (Å²) in [5, 5.41) is 0. The minimum absolute atomic E-state index is 0.119. The zero-order valence-corrected chi connectivity index (χ0v) is 22.8. The van der Waals surface area contributed by atoms with Crippen molar-refractivity contribution in [2.45, 2.75) is 31.5 Å². The number of halogens is 1. The molecule has 3 aromatic carbocycles. The van der Waals surface area contributed by atoms with Gasteiger partial charge in [-0.2, -0.15) is 0 Å². The molecular formula is C34H32ClN3O. The van der Waals surface area contributed by atoms with Crippen molar-refractivity contribution in [1.82, 2.24) is 14.9 Å². The molecule has 0 radical (unpaired) electrons. The Labute approximate surface area is 235 Å². The molecule has 5 aromatic rings. The first-order valence-electron chi connectivity index (χ1n) is 13.2. The molecular weight excluding hydrogens is 502 g/mol. The second-order valence-corrected chi connectivity index (χ2v) is 9.87. The molecule has 0 bridgehead atoms. The van der Waals surface area contributed by atoms with Crippen LogP contribution in [-0.4, -0.2) is 28.1 Å². The molecule has 6 rings (SSSR count). The van der Waals surface area contributed by atoms with E-state index in [1.165, 1.54) is 11.1 Å². The summed E-state index contributed by atoms with van der Waals surface area (Å²) in [5.41, 5.74) is 7.96. The highest BCUT2D eigenvalue weighted by atomic mass is 35.5. The Bertz CT molecular complexity index is 1480. The number of aryl methyl sites for hydroxylation is 1. The maximum absolute atomic E-state index is 6.19. The van der Waals surface area contributed by atoms with Crippen molar-refractivity contribution in [1.29, 1.82) is 0 Å². The van der Waals surface area contributed by atoms with Crippen LogP contribution in [0.4, 0.5) is 0 Å². The Morgan fingerprint density at radius 3 is 2.00 bits per heavy atom. The summed E-state index contributed by atoms with van der Waals surface area (Å²) in [4.78, 5) is 11.0. The van der Waals surface area contributed by atoms with Crippen LogP contribution in [0.15, 0.2) is 122 Å². The predicted octanol–water partition coefficient (Wildman–Crippen LogP) is 8.02. The molecule has 5 heteroatoms. The Balaban J connectivity index is 0.000000186. The Morgan fingerprint density at radius 2 is 1.36 bits per heavy atom. The van der Waals surface area contributed by atoms with Gasteiger partial charge in [-0.3, -0.25) is 14.9 Å². The van der Waals surface area contributed by atoms with Gasteiger partial charge in [0.05, 0.1) is 11.4 Å². The van der Waals surface area contributed by atoms with E-state index in [9.17, 15) is 0 Å². The van der Waals surface area contributed by atoms with Crippen molar-refractivity contribution in [2.24, 2.45) is 0 Å². The standard InChI is InChI=1S/C22H22N2O.C12H10ClN/c1-24(22-13-12-18-8-2-3-11-21(18)25-22)16-17-7-6-9-19(15-17)20-10-4-5-14-23-20;13-9-10-4-3-5-11(8-10)12-6-1-2-7-14-12/h2-11,14-15,22H,12-13,16H2,1H3;1-8H,9H2. The van der Waals surface area contributed by atoms with Gasteiger partial charge in [0.25, 0.3) is 0 Å². The molecule has 1 aliphatic heterocycles. The SMILES string of the molecule is CN(Cc1cccc(-c2ccccn2)c1)C1CCc2ccccc2O1.ClCc1cccc(-c2ccccn2)c1. The van der Waals surface area contributed by atoms with E-state index >= 15 is 0 Å². The molecule has 0 aliphatic carbocycles. The van der Waals surface area contributed by atoms with E-state index in [0.717, 1.165) is 53.2 Å². The summed E-state index contributed by atoms with van der Waals surface area (Å²) in [6.45, 7) is 0.855. The maximum Gasteiger partial charge on any atom is 0.153 e. The number of fused-ring (bicyclic) bond motifs is 1. The van der Waals surface area contributed by atoms with Gasteiger partial charge < -0.3 is 4.74 Å². The fourth-order valence-corrected chi connectivity index (χ4v) is 4.89. The van der Waals surface area contributed by atoms with E-state index in [1.807, 2.05) is 66.9 Å². The number of ether oxygens (including phenoxy) is 1. The molecule has 1 atom stereocenters. The predicted molar refractivity (Wildman–Crippen MR) is 160 cm³/mol. The molecule has 196 valence electrons. The van der Waals surface area contributed by atoms with Gasteiger partial charge in [-0.15, -0.1) is 11.6 Å². The van der Waals surface area contributed by atoms with Gasteiger partial charge in [-0.05, 0) is 72.6 Å². The van der Waals surface area contributed by atoms with E-state index in [-0.39, 0.29) is 6.23 Å². The number of hydrogen-bond donors (Lipinski definition) is 0. The minimum Gasteiger partial charge on any atom is -0.475 e. The van der Waals surface area contributed by atoms with Crippen LogP contribution in [0, 0.1) is 0 Å². The van der Waals surface area contributed by atoms with Crippen molar-refractivity contribution < 1.29 is 4.74 Å². The number of hydrogen-bond acceptors (Lipinski definition) is 4.